The van der Waals surface area contributed by atoms with Gasteiger partial charge in [0.25, 0.3) is 5.91 Å². The van der Waals surface area contributed by atoms with Crippen LogP contribution in [0.2, 0.25) is 0 Å². The smallest absolute Gasteiger partial charge is 0.253 e. The lowest BCUT2D eigenvalue weighted by atomic mass is 10.2. The summed E-state index contributed by atoms with van der Waals surface area (Å²) in [6.45, 7) is 4.54. The fraction of sp³-hybridized carbons (Fsp3) is 0.462. The molecule has 0 aliphatic carbocycles. The van der Waals surface area contributed by atoms with Gasteiger partial charge in [-0.2, -0.15) is 0 Å². The van der Waals surface area contributed by atoms with Crippen molar-refractivity contribution in [3.8, 4) is 0 Å². The Balaban J connectivity index is 2.03. The minimum Gasteiger partial charge on any atom is -0.385 e. The van der Waals surface area contributed by atoms with Crippen LogP contribution in [0.3, 0.4) is 0 Å². The SMILES string of the molecule is CCCNc1ccc(N2CCOCC2=O)cc1. The van der Waals surface area contributed by atoms with Gasteiger partial charge in [-0.25, -0.2) is 0 Å². The molecule has 0 radical (unpaired) electrons. The first kappa shape index (κ1) is 11.9. The Labute approximate surface area is 102 Å². The van der Waals surface area contributed by atoms with E-state index in [4.69, 9.17) is 4.74 Å². The zero-order chi connectivity index (χ0) is 12.1. The average molecular weight is 234 g/mol. The largest absolute Gasteiger partial charge is 0.385 e. The van der Waals surface area contributed by atoms with E-state index in [1.807, 2.05) is 24.3 Å². The van der Waals surface area contributed by atoms with Crippen LogP contribution in [0.4, 0.5) is 11.4 Å². The van der Waals surface area contributed by atoms with Gasteiger partial charge in [0.2, 0.25) is 0 Å². The molecular formula is C13H18N2O2. The molecule has 2 rings (SSSR count). The van der Waals surface area contributed by atoms with Crippen LogP contribution in [0.1, 0.15) is 13.3 Å². The van der Waals surface area contributed by atoms with Crippen LogP contribution < -0.4 is 10.2 Å². The van der Waals surface area contributed by atoms with Gasteiger partial charge in [-0.15, -0.1) is 0 Å². The van der Waals surface area contributed by atoms with Gasteiger partial charge < -0.3 is 15.0 Å². The molecule has 1 amide bonds. The Morgan fingerprint density at radius 2 is 2.12 bits per heavy atom. The maximum Gasteiger partial charge on any atom is 0.253 e. The Morgan fingerprint density at radius 1 is 1.35 bits per heavy atom. The van der Waals surface area contributed by atoms with Crippen LogP contribution in [0, 0.1) is 0 Å². The number of anilines is 2. The molecule has 4 nitrogen and oxygen atoms in total. The summed E-state index contributed by atoms with van der Waals surface area (Å²) in [5.74, 6) is 0.0329. The average Bonchev–Trinajstić information content (AvgIpc) is 2.38. The van der Waals surface area contributed by atoms with Crippen molar-refractivity contribution in [3.63, 3.8) is 0 Å². The summed E-state index contributed by atoms with van der Waals surface area (Å²) in [5, 5.41) is 3.31. The van der Waals surface area contributed by atoms with Crippen LogP contribution in [0.25, 0.3) is 0 Å². The number of amides is 1. The fourth-order valence-electron chi connectivity index (χ4n) is 1.82. The number of nitrogens with one attached hydrogen (secondary N) is 1. The number of hydrogen-bond donors (Lipinski definition) is 1. The van der Waals surface area contributed by atoms with Gasteiger partial charge in [0.15, 0.2) is 0 Å². The van der Waals surface area contributed by atoms with Crippen LogP contribution >= 0.6 is 0 Å². The summed E-state index contributed by atoms with van der Waals surface area (Å²) in [6, 6.07) is 7.96. The van der Waals surface area contributed by atoms with Crippen LogP contribution in [0.15, 0.2) is 24.3 Å². The molecule has 1 fully saturated rings. The highest BCUT2D eigenvalue weighted by Crippen LogP contribution is 2.19. The Hall–Kier alpha value is -1.55. The number of hydrogen-bond acceptors (Lipinski definition) is 3. The highest BCUT2D eigenvalue weighted by Gasteiger charge is 2.19. The molecule has 4 heteroatoms. The van der Waals surface area contributed by atoms with Gasteiger partial charge in [0, 0.05) is 24.5 Å². The van der Waals surface area contributed by atoms with Crippen LogP contribution in [-0.2, 0) is 9.53 Å². The predicted octanol–water partition coefficient (Wildman–Crippen LogP) is 1.87. The number of nitrogens with zero attached hydrogens (tertiary/aromatic N) is 1. The number of carbonyl (C=O) groups is 1. The van der Waals surface area contributed by atoms with E-state index < -0.39 is 0 Å². The van der Waals surface area contributed by atoms with E-state index in [2.05, 4.69) is 12.2 Å². The lowest BCUT2D eigenvalue weighted by Crippen LogP contribution is -2.41. The van der Waals surface area contributed by atoms with Crippen molar-refractivity contribution >= 4 is 17.3 Å². The number of morpholine rings is 1. The predicted molar refractivity (Wildman–Crippen MR) is 68.4 cm³/mol. The standard InChI is InChI=1S/C13H18N2O2/c1-2-7-14-11-3-5-12(6-4-11)15-8-9-17-10-13(15)16/h3-6,14H,2,7-10H2,1H3. The van der Waals surface area contributed by atoms with E-state index in [0.29, 0.717) is 13.2 Å². The van der Waals surface area contributed by atoms with Gasteiger partial charge in [-0.3, -0.25) is 4.79 Å². The van der Waals surface area contributed by atoms with Crippen molar-refractivity contribution in [1.82, 2.24) is 0 Å². The first-order chi connectivity index (χ1) is 8.31. The molecule has 17 heavy (non-hydrogen) atoms. The van der Waals surface area contributed by atoms with E-state index in [1.165, 1.54) is 0 Å². The van der Waals surface area contributed by atoms with Crippen molar-refractivity contribution in [2.24, 2.45) is 0 Å². The third kappa shape index (κ3) is 2.97. The van der Waals surface area contributed by atoms with Crippen LogP contribution in [-0.4, -0.2) is 32.2 Å². The zero-order valence-corrected chi connectivity index (χ0v) is 10.1. The minimum atomic E-state index is 0.0329. The molecule has 0 saturated carbocycles. The number of benzene rings is 1. The molecular weight excluding hydrogens is 216 g/mol. The van der Waals surface area contributed by atoms with Gasteiger partial charge in [0.05, 0.1) is 6.61 Å². The molecule has 0 bridgehead atoms. The lowest BCUT2D eigenvalue weighted by Gasteiger charge is -2.26. The summed E-state index contributed by atoms with van der Waals surface area (Å²) in [4.78, 5) is 13.4. The van der Waals surface area contributed by atoms with Gasteiger partial charge in [-0.1, -0.05) is 6.92 Å². The number of ether oxygens (including phenoxy) is 1. The normalized spacial score (nSPS) is 16.1. The maximum absolute atomic E-state index is 11.6. The molecule has 1 aromatic carbocycles. The molecule has 0 atom stereocenters. The minimum absolute atomic E-state index is 0.0329. The molecule has 1 aliphatic rings. The van der Waals surface area contributed by atoms with Crippen molar-refractivity contribution < 1.29 is 9.53 Å². The molecule has 1 aromatic rings. The highest BCUT2D eigenvalue weighted by molar-refractivity contribution is 5.94. The number of carbonyl (C=O) groups excluding carboxylic acids is 1. The molecule has 0 spiro atoms. The fourth-order valence-corrected chi connectivity index (χ4v) is 1.82. The summed E-state index contributed by atoms with van der Waals surface area (Å²) in [6.07, 6.45) is 1.10. The van der Waals surface area contributed by atoms with Crippen molar-refractivity contribution in [3.05, 3.63) is 24.3 Å². The molecule has 0 unspecified atom stereocenters. The summed E-state index contributed by atoms with van der Waals surface area (Å²) < 4.78 is 5.11. The maximum atomic E-state index is 11.6. The molecule has 92 valence electrons. The van der Waals surface area contributed by atoms with Gasteiger partial charge in [-0.05, 0) is 30.7 Å². The summed E-state index contributed by atoms with van der Waals surface area (Å²) in [5.41, 5.74) is 2.04. The second-order valence-electron chi connectivity index (χ2n) is 4.07. The van der Waals surface area contributed by atoms with Crippen molar-refractivity contribution in [2.75, 3.05) is 36.5 Å². The highest BCUT2D eigenvalue weighted by atomic mass is 16.5. The van der Waals surface area contributed by atoms with E-state index in [0.717, 1.165) is 24.3 Å². The van der Waals surface area contributed by atoms with Crippen LogP contribution in [0.5, 0.6) is 0 Å². The first-order valence-corrected chi connectivity index (χ1v) is 6.03. The molecule has 1 heterocycles. The van der Waals surface area contributed by atoms with Gasteiger partial charge >= 0.3 is 0 Å². The Bertz CT molecular complexity index is 376. The third-order valence-corrected chi connectivity index (χ3v) is 2.74. The molecule has 1 saturated heterocycles. The van der Waals surface area contributed by atoms with Gasteiger partial charge in [0.1, 0.15) is 6.61 Å². The zero-order valence-electron chi connectivity index (χ0n) is 10.1. The Morgan fingerprint density at radius 3 is 2.76 bits per heavy atom. The summed E-state index contributed by atoms with van der Waals surface area (Å²) in [7, 11) is 0. The third-order valence-electron chi connectivity index (χ3n) is 2.74. The lowest BCUT2D eigenvalue weighted by molar-refractivity contribution is -0.125. The van der Waals surface area contributed by atoms with E-state index in [1.54, 1.807) is 4.90 Å². The number of rotatable bonds is 4. The van der Waals surface area contributed by atoms with E-state index in [9.17, 15) is 4.79 Å². The molecule has 1 N–H and O–H groups in total. The Kier molecular flexibility index (Phi) is 3.98. The second kappa shape index (κ2) is 5.68. The monoisotopic (exact) mass is 234 g/mol. The second-order valence-corrected chi connectivity index (χ2v) is 4.07. The van der Waals surface area contributed by atoms with E-state index >= 15 is 0 Å². The van der Waals surface area contributed by atoms with Crippen molar-refractivity contribution in [2.45, 2.75) is 13.3 Å². The van der Waals surface area contributed by atoms with E-state index in [-0.39, 0.29) is 12.5 Å². The first-order valence-electron chi connectivity index (χ1n) is 6.03. The quantitative estimate of drug-likeness (QED) is 0.864. The van der Waals surface area contributed by atoms with Crippen molar-refractivity contribution in [1.29, 1.82) is 0 Å². The molecule has 1 aliphatic heterocycles. The topological polar surface area (TPSA) is 41.6 Å². The molecule has 0 aromatic heterocycles. The summed E-state index contributed by atoms with van der Waals surface area (Å²) >= 11 is 0.